The number of benzene rings is 2. The van der Waals surface area contributed by atoms with E-state index in [-0.39, 0.29) is 28.4 Å². The van der Waals surface area contributed by atoms with E-state index in [1.807, 2.05) is 0 Å². The van der Waals surface area contributed by atoms with E-state index in [0.29, 0.717) is 18.6 Å². The number of halogens is 8. The maximum Gasteiger partial charge on any atom is 0.461 e. The molecule has 2 aromatic carbocycles. The minimum atomic E-state index is -4.97. The first kappa shape index (κ1) is 30.8. The number of aromatic nitrogens is 3. The second kappa shape index (κ2) is 11.6. The van der Waals surface area contributed by atoms with Crippen LogP contribution in [-0.4, -0.2) is 33.2 Å². The molecule has 6 nitrogen and oxygen atoms in total. The van der Waals surface area contributed by atoms with Gasteiger partial charge in [-0.15, -0.1) is 0 Å². The second-order valence-corrected chi connectivity index (χ2v) is 9.89. The van der Waals surface area contributed by atoms with Gasteiger partial charge in [0.25, 0.3) is 11.8 Å². The first-order chi connectivity index (χ1) is 19.6. The van der Waals surface area contributed by atoms with Crippen molar-refractivity contribution in [1.29, 1.82) is 0 Å². The molecule has 0 aliphatic rings. The molecule has 0 fully saturated rings. The minimum Gasteiger partial charge on any atom is -0.428 e. The zero-order valence-corrected chi connectivity index (χ0v) is 22.7. The quantitative estimate of drug-likeness (QED) is 0.198. The third-order valence-corrected chi connectivity index (χ3v) is 6.46. The van der Waals surface area contributed by atoms with Gasteiger partial charge >= 0.3 is 12.5 Å². The number of pyridine rings is 1. The van der Waals surface area contributed by atoms with Gasteiger partial charge in [0.2, 0.25) is 0 Å². The van der Waals surface area contributed by atoms with Crippen molar-refractivity contribution in [1.82, 2.24) is 20.1 Å². The van der Waals surface area contributed by atoms with Gasteiger partial charge in [-0.1, -0.05) is 41.9 Å². The summed E-state index contributed by atoms with van der Waals surface area (Å²) < 4.78 is 101. The van der Waals surface area contributed by atoms with Crippen molar-refractivity contribution in [2.24, 2.45) is 7.05 Å². The molecule has 14 heteroatoms. The lowest BCUT2D eigenvalue weighted by molar-refractivity contribution is -0.253. The van der Waals surface area contributed by atoms with Crippen molar-refractivity contribution in [3.05, 3.63) is 112 Å². The first-order valence-corrected chi connectivity index (χ1v) is 12.6. The minimum absolute atomic E-state index is 0.0180. The number of alkyl halides is 6. The number of hydrogen-bond acceptors (Lipinski definition) is 4. The second-order valence-electron chi connectivity index (χ2n) is 9.45. The van der Waals surface area contributed by atoms with Crippen LogP contribution in [0, 0.1) is 5.82 Å². The number of hydrogen-bond donors (Lipinski definition) is 1. The largest absolute Gasteiger partial charge is 0.461 e. The van der Waals surface area contributed by atoms with E-state index in [0.717, 1.165) is 22.9 Å². The molecule has 42 heavy (non-hydrogen) atoms. The average Bonchev–Trinajstić information content (AvgIpc) is 3.31. The molecule has 1 atom stereocenters. The van der Waals surface area contributed by atoms with E-state index in [9.17, 15) is 35.5 Å². The summed E-state index contributed by atoms with van der Waals surface area (Å²) in [4.78, 5) is 18.0. The van der Waals surface area contributed by atoms with Crippen LogP contribution in [0.3, 0.4) is 0 Å². The Kier molecular flexibility index (Phi) is 8.53. The lowest BCUT2D eigenvalue weighted by atomic mass is 9.80. The van der Waals surface area contributed by atoms with Crippen molar-refractivity contribution in [2.75, 3.05) is 0 Å². The molecule has 0 bridgehead atoms. The summed E-state index contributed by atoms with van der Waals surface area (Å²) in [6.07, 6.45) is -8.18. The molecule has 1 N–H and O–H groups in total. The van der Waals surface area contributed by atoms with E-state index in [1.165, 1.54) is 25.4 Å². The third kappa shape index (κ3) is 6.67. The summed E-state index contributed by atoms with van der Waals surface area (Å²) in [5, 5.41) is 6.56. The maximum atomic E-state index is 14.9. The molecule has 222 valence electrons. The molecule has 4 rings (SSSR count). The highest BCUT2D eigenvalue weighted by atomic mass is 35.5. The lowest BCUT2D eigenvalue weighted by Crippen LogP contribution is -2.49. The number of rotatable bonds is 10. The van der Waals surface area contributed by atoms with Gasteiger partial charge in [0.05, 0.1) is 10.7 Å². The van der Waals surface area contributed by atoms with Gasteiger partial charge in [-0.05, 0) is 41.5 Å². The van der Waals surface area contributed by atoms with Crippen molar-refractivity contribution < 1.29 is 40.3 Å². The fourth-order valence-corrected chi connectivity index (χ4v) is 4.38. The summed E-state index contributed by atoms with van der Waals surface area (Å²) in [5.41, 5.74) is -2.63. The number of ether oxygens (including phenoxy) is 1. The molecule has 0 aliphatic heterocycles. The Labute approximate surface area is 240 Å². The molecule has 4 aromatic rings. The third-order valence-electron chi connectivity index (χ3n) is 6.24. The van der Waals surface area contributed by atoms with Crippen molar-refractivity contribution in [3.8, 4) is 5.75 Å². The molecule has 0 spiro atoms. The van der Waals surface area contributed by atoms with Crippen LogP contribution in [-0.2, 0) is 24.9 Å². The molecule has 2 aromatic heterocycles. The Morgan fingerprint density at radius 2 is 1.71 bits per heavy atom. The summed E-state index contributed by atoms with van der Waals surface area (Å²) in [6.45, 7) is 0.595. The van der Waals surface area contributed by atoms with E-state index >= 15 is 0 Å². The van der Waals surface area contributed by atoms with Gasteiger partial charge in [0.1, 0.15) is 28.5 Å². The molecule has 0 saturated heterocycles. The number of aryl methyl sites for hydroxylation is 1. The van der Waals surface area contributed by atoms with E-state index in [4.69, 9.17) is 11.6 Å². The molecule has 2 heterocycles. The smallest absolute Gasteiger partial charge is 0.428 e. The van der Waals surface area contributed by atoms with E-state index < -0.39 is 47.2 Å². The first-order valence-electron chi connectivity index (χ1n) is 12.2. The SMILES string of the molecule is Cn1nc(C(C)(F)F)cc1C(=O)N[C@@](Cc1ccccc1)(c1cc(F)cc(OC(F)(F)C(F)F)c1)c1ccc(Cl)cn1. The van der Waals surface area contributed by atoms with Gasteiger partial charge in [-0.2, -0.15) is 31.4 Å². The predicted molar refractivity (Wildman–Crippen MR) is 138 cm³/mol. The molecule has 0 aliphatic carbocycles. The van der Waals surface area contributed by atoms with Gasteiger partial charge in [-0.3, -0.25) is 14.5 Å². The van der Waals surface area contributed by atoms with Gasteiger partial charge in [0, 0.05) is 32.7 Å². The van der Waals surface area contributed by atoms with Crippen LogP contribution in [0.25, 0.3) is 0 Å². The zero-order chi connectivity index (χ0) is 30.9. The van der Waals surface area contributed by atoms with Crippen LogP contribution < -0.4 is 10.1 Å². The van der Waals surface area contributed by atoms with Crippen molar-refractivity contribution >= 4 is 17.5 Å². The molecule has 0 radical (unpaired) electrons. The number of carbonyl (C=O) groups excluding carboxylic acids is 1. The van der Waals surface area contributed by atoms with Crippen LogP contribution in [0.2, 0.25) is 5.02 Å². The zero-order valence-electron chi connectivity index (χ0n) is 21.9. The van der Waals surface area contributed by atoms with Crippen LogP contribution >= 0.6 is 11.6 Å². The van der Waals surface area contributed by atoms with Crippen molar-refractivity contribution in [2.45, 2.75) is 37.3 Å². The molecular weight excluding hydrogens is 593 g/mol. The normalized spacial score (nSPS) is 13.6. The highest BCUT2D eigenvalue weighted by Gasteiger charge is 2.45. The predicted octanol–water partition coefficient (Wildman–Crippen LogP) is 6.87. The topological polar surface area (TPSA) is 69.0 Å². The molecule has 0 saturated carbocycles. The highest BCUT2D eigenvalue weighted by molar-refractivity contribution is 6.30. The van der Waals surface area contributed by atoms with Gasteiger partial charge in [0.15, 0.2) is 0 Å². The molecule has 0 unspecified atom stereocenters. The lowest BCUT2D eigenvalue weighted by Gasteiger charge is -2.36. The van der Waals surface area contributed by atoms with Crippen molar-refractivity contribution in [3.63, 3.8) is 0 Å². The summed E-state index contributed by atoms with van der Waals surface area (Å²) in [5.74, 6) is -6.50. The van der Waals surface area contributed by atoms with Crippen LogP contribution in [0.4, 0.5) is 30.7 Å². The fraction of sp³-hybridized carbons (Fsp3) is 0.250. The number of nitrogens with zero attached hydrogens (tertiary/aromatic N) is 3. The van der Waals surface area contributed by atoms with E-state index in [2.05, 4.69) is 20.1 Å². The number of amides is 1. The maximum absolute atomic E-state index is 14.9. The van der Waals surface area contributed by atoms with E-state index in [1.54, 1.807) is 30.3 Å². The highest BCUT2D eigenvalue weighted by Crippen LogP contribution is 2.38. The van der Waals surface area contributed by atoms with Gasteiger partial charge in [-0.25, -0.2) is 4.39 Å². The number of carbonyl (C=O) groups is 1. The summed E-state index contributed by atoms with van der Waals surface area (Å²) in [6, 6.07) is 14.2. The standard InChI is InChI=1S/C28H22ClF7N4O2/c1-26(33,34)23-13-21(40(2)39-23)24(41)38-27(14-16-6-4-3-5-7-16,22-9-8-18(29)15-37-22)17-10-19(30)12-20(11-17)42-28(35,36)25(31)32/h3-13,15,25H,14H2,1-2H3,(H,38,41)/t27-/m0/s1. The van der Waals surface area contributed by atoms with Crippen LogP contribution in [0.5, 0.6) is 5.75 Å². The molecular formula is C28H22ClF7N4O2. The number of nitrogens with one attached hydrogen (secondary N) is 1. The summed E-state index contributed by atoms with van der Waals surface area (Å²) in [7, 11) is 1.25. The average molecular weight is 615 g/mol. The summed E-state index contributed by atoms with van der Waals surface area (Å²) >= 11 is 6.02. The van der Waals surface area contributed by atoms with Crippen LogP contribution in [0.1, 0.15) is 39.9 Å². The monoisotopic (exact) mass is 614 g/mol. The molecule has 1 amide bonds. The Hall–Kier alpha value is -4.13. The van der Waals surface area contributed by atoms with Gasteiger partial charge < -0.3 is 10.1 Å². The Morgan fingerprint density at radius 1 is 1.02 bits per heavy atom. The fourth-order valence-electron chi connectivity index (χ4n) is 4.27. The Balaban J connectivity index is 1.95. The van der Waals surface area contributed by atoms with Crippen LogP contribution in [0.15, 0.2) is 72.9 Å². The Morgan fingerprint density at radius 3 is 2.29 bits per heavy atom. The Bertz CT molecular complexity index is 1560.